The SMILES string of the molecule is C[C@@H]1Oc2ccccc2O[C@@H]1C(=O)NCCc1cn2ccccc2n1. The Bertz CT molecular complexity index is 873. The van der Waals surface area contributed by atoms with E-state index in [0.717, 1.165) is 11.3 Å². The first-order valence-corrected chi connectivity index (χ1v) is 8.33. The topological polar surface area (TPSA) is 64.9 Å². The molecule has 1 aromatic carbocycles. The van der Waals surface area contributed by atoms with E-state index < -0.39 is 6.10 Å². The third-order valence-corrected chi connectivity index (χ3v) is 4.19. The number of imidazole rings is 1. The Morgan fingerprint density at radius 2 is 1.92 bits per heavy atom. The Hall–Kier alpha value is -3.02. The van der Waals surface area contributed by atoms with E-state index in [-0.39, 0.29) is 12.0 Å². The number of benzene rings is 1. The number of carbonyl (C=O) groups is 1. The predicted molar refractivity (Wildman–Crippen MR) is 92.9 cm³/mol. The third kappa shape index (κ3) is 3.15. The lowest BCUT2D eigenvalue weighted by molar-refractivity contribution is -0.133. The molecule has 6 nitrogen and oxygen atoms in total. The van der Waals surface area contributed by atoms with Gasteiger partial charge in [-0.25, -0.2) is 4.98 Å². The second-order valence-corrected chi connectivity index (χ2v) is 6.05. The quantitative estimate of drug-likeness (QED) is 0.793. The molecule has 1 amide bonds. The molecule has 1 N–H and O–H groups in total. The van der Waals surface area contributed by atoms with Crippen LogP contribution >= 0.6 is 0 Å². The minimum absolute atomic E-state index is 0.175. The van der Waals surface area contributed by atoms with Gasteiger partial charge in [-0.2, -0.15) is 0 Å². The molecule has 1 aliphatic heterocycles. The molecule has 1 aliphatic rings. The number of hydrogen-bond acceptors (Lipinski definition) is 4. The summed E-state index contributed by atoms with van der Waals surface area (Å²) >= 11 is 0. The van der Waals surface area contributed by atoms with Crippen LogP contribution in [0.2, 0.25) is 0 Å². The van der Waals surface area contributed by atoms with Crippen LogP contribution in [-0.4, -0.2) is 34.0 Å². The van der Waals surface area contributed by atoms with Crippen LogP contribution in [0.4, 0.5) is 0 Å². The monoisotopic (exact) mass is 337 g/mol. The molecule has 2 aromatic heterocycles. The summed E-state index contributed by atoms with van der Waals surface area (Å²) < 4.78 is 13.5. The van der Waals surface area contributed by atoms with E-state index in [1.54, 1.807) is 6.07 Å². The van der Waals surface area contributed by atoms with Crippen LogP contribution in [0, 0.1) is 0 Å². The number of aromatic nitrogens is 2. The second-order valence-electron chi connectivity index (χ2n) is 6.05. The predicted octanol–water partition coefficient (Wildman–Crippen LogP) is 2.22. The molecule has 0 bridgehead atoms. The maximum Gasteiger partial charge on any atom is 0.265 e. The van der Waals surface area contributed by atoms with E-state index >= 15 is 0 Å². The lowest BCUT2D eigenvalue weighted by Gasteiger charge is -2.30. The zero-order valence-electron chi connectivity index (χ0n) is 13.9. The molecule has 0 saturated carbocycles. The van der Waals surface area contributed by atoms with E-state index in [4.69, 9.17) is 9.47 Å². The highest BCUT2D eigenvalue weighted by Crippen LogP contribution is 2.33. The average Bonchev–Trinajstić information content (AvgIpc) is 3.03. The highest BCUT2D eigenvalue weighted by atomic mass is 16.6. The van der Waals surface area contributed by atoms with Crippen LogP contribution in [0.1, 0.15) is 12.6 Å². The number of pyridine rings is 1. The van der Waals surface area contributed by atoms with Gasteiger partial charge in [-0.1, -0.05) is 18.2 Å². The molecular weight excluding hydrogens is 318 g/mol. The number of rotatable bonds is 4. The maximum absolute atomic E-state index is 12.4. The Labute approximate surface area is 145 Å². The number of para-hydroxylation sites is 2. The van der Waals surface area contributed by atoms with Crippen molar-refractivity contribution in [1.82, 2.24) is 14.7 Å². The molecule has 3 aromatic rings. The smallest absolute Gasteiger partial charge is 0.265 e. The summed E-state index contributed by atoms with van der Waals surface area (Å²) in [5.74, 6) is 1.09. The standard InChI is InChI=1S/C19H19N3O3/c1-13-18(25-16-7-3-2-6-15(16)24-13)19(23)20-10-9-14-12-22-11-5-4-8-17(22)21-14/h2-8,11-13,18H,9-10H2,1H3,(H,20,23)/t13-,18-/m0/s1. The van der Waals surface area contributed by atoms with E-state index in [9.17, 15) is 4.79 Å². The number of nitrogens with one attached hydrogen (secondary N) is 1. The summed E-state index contributed by atoms with van der Waals surface area (Å²) in [7, 11) is 0. The molecule has 3 heterocycles. The maximum atomic E-state index is 12.4. The van der Waals surface area contributed by atoms with Crippen molar-refractivity contribution in [3.63, 3.8) is 0 Å². The lowest BCUT2D eigenvalue weighted by Crippen LogP contribution is -2.49. The largest absolute Gasteiger partial charge is 0.482 e. The van der Waals surface area contributed by atoms with E-state index in [0.29, 0.717) is 24.5 Å². The zero-order chi connectivity index (χ0) is 17.2. The van der Waals surface area contributed by atoms with Crippen molar-refractivity contribution in [1.29, 1.82) is 0 Å². The fourth-order valence-corrected chi connectivity index (χ4v) is 2.93. The first-order chi connectivity index (χ1) is 12.2. The van der Waals surface area contributed by atoms with Crippen molar-refractivity contribution in [3.05, 3.63) is 60.6 Å². The van der Waals surface area contributed by atoms with Gasteiger partial charge in [0, 0.05) is 25.4 Å². The Kier molecular flexibility index (Phi) is 4.01. The van der Waals surface area contributed by atoms with Gasteiger partial charge in [0.2, 0.25) is 6.10 Å². The summed E-state index contributed by atoms with van der Waals surface area (Å²) in [6.07, 6.45) is 3.59. The van der Waals surface area contributed by atoms with Gasteiger partial charge in [0.15, 0.2) is 11.5 Å². The van der Waals surface area contributed by atoms with E-state index in [1.807, 2.05) is 60.1 Å². The Morgan fingerprint density at radius 3 is 2.72 bits per heavy atom. The normalized spacial score (nSPS) is 18.9. The number of nitrogens with zero attached hydrogens (tertiary/aromatic N) is 2. The summed E-state index contributed by atoms with van der Waals surface area (Å²) in [5.41, 5.74) is 1.84. The Morgan fingerprint density at radius 1 is 1.16 bits per heavy atom. The fourth-order valence-electron chi connectivity index (χ4n) is 2.93. The summed E-state index contributed by atoms with van der Waals surface area (Å²) in [5, 5.41) is 2.91. The van der Waals surface area contributed by atoms with Gasteiger partial charge in [0.05, 0.1) is 5.69 Å². The summed E-state index contributed by atoms with van der Waals surface area (Å²) in [6.45, 7) is 2.33. The minimum atomic E-state index is -0.657. The van der Waals surface area contributed by atoms with Crippen LogP contribution in [0.25, 0.3) is 5.65 Å². The van der Waals surface area contributed by atoms with Crippen LogP contribution in [0.3, 0.4) is 0 Å². The number of carbonyl (C=O) groups excluding carboxylic acids is 1. The molecular formula is C19H19N3O3. The van der Waals surface area contributed by atoms with Gasteiger partial charge in [-0.05, 0) is 31.2 Å². The molecule has 6 heteroatoms. The van der Waals surface area contributed by atoms with Crippen molar-refractivity contribution < 1.29 is 14.3 Å². The van der Waals surface area contributed by atoms with Crippen LogP contribution in [0.15, 0.2) is 54.9 Å². The molecule has 0 unspecified atom stereocenters. The Balaban J connectivity index is 1.36. The van der Waals surface area contributed by atoms with Gasteiger partial charge < -0.3 is 19.2 Å². The molecule has 25 heavy (non-hydrogen) atoms. The lowest BCUT2D eigenvalue weighted by atomic mass is 10.1. The number of amides is 1. The number of hydrogen-bond donors (Lipinski definition) is 1. The molecule has 0 spiro atoms. The number of ether oxygens (including phenoxy) is 2. The first kappa shape index (κ1) is 15.5. The van der Waals surface area contributed by atoms with Crippen LogP contribution in [0.5, 0.6) is 11.5 Å². The van der Waals surface area contributed by atoms with Gasteiger partial charge >= 0.3 is 0 Å². The minimum Gasteiger partial charge on any atom is -0.482 e. The zero-order valence-corrected chi connectivity index (χ0v) is 13.9. The van der Waals surface area contributed by atoms with Gasteiger partial charge in [-0.3, -0.25) is 4.79 Å². The van der Waals surface area contributed by atoms with Crippen LogP contribution < -0.4 is 14.8 Å². The molecule has 0 aliphatic carbocycles. The average molecular weight is 337 g/mol. The van der Waals surface area contributed by atoms with Gasteiger partial charge in [0.25, 0.3) is 5.91 Å². The van der Waals surface area contributed by atoms with E-state index in [2.05, 4.69) is 10.3 Å². The third-order valence-electron chi connectivity index (χ3n) is 4.19. The highest BCUT2D eigenvalue weighted by molar-refractivity contribution is 5.82. The summed E-state index contributed by atoms with van der Waals surface area (Å²) in [6, 6.07) is 13.2. The van der Waals surface area contributed by atoms with Crippen molar-refractivity contribution in [2.45, 2.75) is 25.6 Å². The van der Waals surface area contributed by atoms with Crippen molar-refractivity contribution in [2.24, 2.45) is 0 Å². The molecule has 0 fully saturated rings. The second kappa shape index (κ2) is 6.47. The summed E-state index contributed by atoms with van der Waals surface area (Å²) in [4.78, 5) is 17.0. The molecule has 0 saturated heterocycles. The fraction of sp³-hybridized carbons (Fsp3) is 0.263. The first-order valence-electron chi connectivity index (χ1n) is 8.33. The van der Waals surface area contributed by atoms with Gasteiger partial charge in [0.1, 0.15) is 11.8 Å². The van der Waals surface area contributed by atoms with Gasteiger partial charge in [-0.15, -0.1) is 0 Å². The van der Waals surface area contributed by atoms with Crippen molar-refractivity contribution in [3.8, 4) is 11.5 Å². The van der Waals surface area contributed by atoms with Crippen molar-refractivity contribution >= 4 is 11.6 Å². The molecule has 128 valence electrons. The molecule has 2 atom stereocenters. The van der Waals surface area contributed by atoms with Crippen molar-refractivity contribution in [2.75, 3.05) is 6.54 Å². The molecule has 4 rings (SSSR count). The highest BCUT2D eigenvalue weighted by Gasteiger charge is 2.33. The van der Waals surface area contributed by atoms with E-state index in [1.165, 1.54) is 0 Å². The van der Waals surface area contributed by atoms with Crippen LogP contribution in [-0.2, 0) is 11.2 Å². The molecule has 0 radical (unpaired) electrons. The number of fused-ring (bicyclic) bond motifs is 2.